The molecule has 0 saturated heterocycles. The highest BCUT2D eigenvalue weighted by Crippen LogP contribution is 2.16. The molecule has 0 fully saturated rings. The van der Waals surface area contributed by atoms with Crippen LogP contribution in [0.2, 0.25) is 0 Å². The van der Waals surface area contributed by atoms with Crippen molar-refractivity contribution >= 4 is 17.6 Å². The minimum atomic E-state index is -0.822. The van der Waals surface area contributed by atoms with Crippen molar-refractivity contribution in [1.82, 2.24) is 20.1 Å². The normalized spacial score (nSPS) is 11.7. The zero-order valence-electron chi connectivity index (χ0n) is 13.1. The molecule has 1 atom stereocenters. The van der Waals surface area contributed by atoms with Gasteiger partial charge in [0.25, 0.3) is 11.8 Å². The molecule has 3 aromatic rings. The molecule has 24 heavy (non-hydrogen) atoms. The van der Waals surface area contributed by atoms with E-state index in [0.29, 0.717) is 17.1 Å². The van der Waals surface area contributed by atoms with Crippen LogP contribution < -0.4 is 10.6 Å². The number of benzene rings is 1. The molecule has 3 rings (SSSR count). The molecule has 2 heterocycles. The maximum atomic E-state index is 12.6. The van der Waals surface area contributed by atoms with Gasteiger partial charge in [-0.05, 0) is 17.7 Å². The molecule has 7 nitrogen and oxygen atoms in total. The molecule has 0 bridgehead atoms. The first-order valence-electron chi connectivity index (χ1n) is 7.42. The van der Waals surface area contributed by atoms with Gasteiger partial charge in [0.2, 0.25) is 0 Å². The van der Waals surface area contributed by atoms with Crippen LogP contribution in [0, 0.1) is 0 Å². The van der Waals surface area contributed by atoms with E-state index in [9.17, 15) is 9.59 Å². The number of aryl methyl sites for hydroxylation is 1. The highest BCUT2D eigenvalue weighted by atomic mass is 16.2. The number of aromatic nitrogens is 3. The Balaban J connectivity index is 1.84. The van der Waals surface area contributed by atoms with Crippen LogP contribution >= 0.6 is 0 Å². The van der Waals surface area contributed by atoms with Crippen LogP contribution in [-0.4, -0.2) is 26.6 Å². The van der Waals surface area contributed by atoms with Crippen molar-refractivity contribution in [3.63, 3.8) is 0 Å². The van der Waals surface area contributed by atoms with Crippen LogP contribution in [0.1, 0.15) is 22.1 Å². The van der Waals surface area contributed by atoms with E-state index in [1.54, 1.807) is 48.1 Å². The topological polar surface area (TPSA) is 91.8 Å². The van der Waals surface area contributed by atoms with E-state index in [0.717, 1.165) is 0 Å². The quantitative estimate of drug-likeness (QED) is 0.669. The second-order valence-corrected chi connectivity index (χ2v) is 5.28. The fourth-order valence-electron chi connectivity index (χ4n) is 2.38. The number of rotatable bonds is 5. The van der Waals surface area contributed by atoms with E-state index < -0.39 is 6.04 Å². The van der Waals surface area contributed by atoms with Crippen LogP contribution in [0.15, 0.2) is 60.9 Å². The van der Waals surface area contributed by atoms with Crippen molar-refractivity contribution in [2.45, 2.75) is 6.04 Å². The van der Waals surface area contributed by atoms with Crippen LogP contribution in [-0.2, 0) is 11.8 Å². The molecular formula is C17H17N5O2. The van der Waals surface area contributed by atoms with Crippen LogP contribution in [0.5, 0.6) is 0 Å². The first-order chi connectivity index (χ1) is 11.6. The SMILES string of the molecule is Cn1cccc1C(=O)N[C@H](C(=O)Nc1ccn[nH]1)c1ccccc1. The smallest absolute Gasteiger partial charge is 0.268 e. The standard InChI is InChI=1S/C17H17N5O2/c1-22-11-5-8-13(22)16(23)20-15(12-6-3-2-4-7-12)17(24)19-14-9-10-18-21-14/h2-11,15H,1H3,(H,20,23)(H2,18,19,21,24)/t15-/m0/s1. The minimum absolute atomic E-state index is 0.323. The largest absolute Gasteiger partial charge is 0.347 e. The van der Waals surface area contributed by atoms with E-state index >= 15 is 0 Å². The summed E-state index contributed by atoms with van der Waals surface area (Å²) in [5, 5.41) is 11.9. The summed E-state index contributed by atoms with van der Waals surface area (Å²) in [7, 11) is 1.77. The summed E-state index contributed by atoms with van der Waals surface area (Å²) in [6.07, 6.45) is 3.31. The molecule has 0 aliphatic heterocycles. The Bertz CT molecular complexity index is 824. The number of anilines is 1. The van der Waals surface area contributed by atoms with Crippen molar-refractivity contribution in [2.75, 3.05) is 5.32 Å². The first-order valence-corrected chi connectivity index (χ1v) is 7.42. The van der Waals surface area contributed by atoms with Crippen molar-refractivity contribution in [2.24, 2.45) is 7.05 Å². The lowest BCUT2D eigenvalue weighted by atomic mass is 10.1. The summed E-state index contributed by atoms with van der Waals surface area (Å²) in [6.45, 7) is 0. The second kappa shape index (κ2) is 6.82. The van der Waals surface area contributed by atoms with E-state index in [1.165, 1.54) is 6.20 Å². The van der Waals surface area contributed by atoms with Gasteiger partial charge < -0.3 is 15.2 Å². The minimum Gasteiger partial charge on any atom is -0.347 e. The van der Waals surface area contributed by atoms with E-state index in [4.69, 9.17) is 0 Å². The van der Waals surface area contributed by atoms with Gasteiger partial charge in [-0.15, -0.1) is 0 Å². The molecule has 0 aliphatic rings. The molecule has 122 valence electrons. The third kappa shape index (κ3) is 3.35. The van der Waals surface area contributed by atoms with Crippen molar-refractivity contribution in [3.05, 3.63) is 72.2 Å². The summed E-state index contributed by atoms with van der Waals surface area (Å²) in [6, 6.07) is 13.4. The monoisotopic (exact) mass is 323 g/mol. The molecule has 0 aliphatic carbocycles. The fourth-order valence-corrected chi connectivity index (χ4v) is 2.38. The number of hydrogen-bond donors (Lipinski definition) is 3. The summed E-state index contributed by atoms with van der Waals surface area (Å²) < 4.78 is 1.70. The van der Waals surface area contributed by atoms with Crippen LogP contribution in [0.25, 0.3) is 0 Å². The lowest BCUT2D eigenvalue weighted by Gasteiger charge is -2.18. The zero-order chi connectivity index (χ0) is 16.9. The molecule has 3 N–H and O–H groups in total. The number of carbonyl (C=O) groups excluding carboxylic acids is 2. The Morgan fingerprint density at radius 3 is 2.54 bits per heavy atom. The summed E-state index contributed by atoms with van der Waals surface area (Å²) in [5.41, 5.74) is 1.17. The van der Waals surface area contributed by atoms with Crippen molar-refractivity contribution < 1.29 is 9.59 Å². The predicted octanol–water partition coefficient (Wildman–Crippen LogP) is 1.86. The molecule has 1 aromatic carbocycles. The summed E-state index contributed by atoms with van der Waals surface area (Å²) in [4.78, 5) is 25.1. The van der Waals surface area contributed by atoms with Gasteiger partial charge in [-0.3, -0.25) is 14.7 Å². The molecule has 2 amide bonds. The number of amides is 2. The van der Waals surface area contributed by atoms with Gasteiger partial charge in [0.1, 0.15) is 17.6 Å². The maximum absolute atomic E-state index is 12.6. The third-order valence-electron chi connectivity index (χ3n) is 3.61. The number of aromatic amines is 1. The van der Waals surface area contributed by atoms with Gasteiger partial charge in [0.15, 0.2) is 0 Å². The molecular weight excluding hydrogens is 306 g/mol. The van der Waals surface area contributed by atoms with E-state index in [2.05, 4.69) is 20.8 Å². The van der Waals surface area contributed by atoms with Crippen molar-refractivity contribution in [1.29, 1.82) is 0 Å². The van der Waals surface area contributed by atoms with Gasteiger partial charge in [-0.25, -0.2) is 0 Å². The molecule has 7 heteroatoms. The number of nitrogens with zero attached hydrogens (tertiary/aromatic N) is 2. The third-order valence-corrected chi connectivity index (χ3v) is 3.61. The molecule has 0 saturated carbocycles. The number of hydrogen-bond acceptors (Lipinski definition) is 3. The van der Waals surface area contributed by atoms with Crippen LogP contribution in [0.4, 0.5) is 5.82 Å². The molecule has 2 aromatic heterocycles. The van der Waals surface area contributed by atoms with Gasteiger partial charge >= 0.3 is 0 Å². The second-order valence-electron chi connectivity index (χ2n) is 5.28. The van der Waals surface area contributed by atoms with E-state index in [-0.39, 0.29) is 11.8 Å². The fraction of sp³-hybridized carbons (Fsp3) is 0.118. The average molecular weight is 323 g/mol. The summed E-state index contributed by atoms with van der Waals surface area (Å²) >= 11 is 0. The number of nitrogens with one attached hydrogen (secondary N) is 3. The number of carbonyl (C=O) groups is 2. The Kier molecular flexibility index (Phi) is 4.42. The lowest BCUT2D eigenvalue weighted by molar-refractivity contribution is -0.118. The number of H-pyrrole nitrogens is 1. The Morgan fingerprint density at radius 1 is 1.12 bits per heavy atom. The van der Waals surface area contributed by atoms with Gasteiger partial charge in [0, 0.05) is 19.3 Å². The first kappa shape index (κ1) is 15.5. The highest BCUT2D eigenvalue weighted by Gasteiger charge is 2.24. The maximum Gasteiger partial charge on any atom is 0.268 e. The average Bonchev–Trinajstić information content (AvgIpc) is 3.24. The van der Waals surface area contributed by atoms with E-state index in [1.807, 2.05) is 18.2 Å². The van der Waals surface area contributed by atoms with Gasteiger partial charge in [-0.2, -0.15) is 5.10 Å². The van der Waals surface area contributed by atoms with Crippen molar-refractivity contribution in [3.8, 4) is 0 Å². The molecule has 0 spiro atoms. The molecule has 0 radical (unpaired) electrons. The Hall–Kier alpha value is -3.35. The summed E-state index contributed by atoms with van der Waals surface area (Å²) in [5.74, 6) is -0.210. The van der Waals surface area contributed by atoms with Crippen LogP contribution in [0.3, 0.4) is 0 Å². The molecule has 0 unspecified atom stereocenters. The lowest BCUT2D eigenvalue weighted by Crippen LogP contribution is -2.37. The zero-order valence-corrected chi connectivity index (χ0v) is 13.1. The Morgan fingerprint density at radius 2 is 1.92 bits per heavy atom. The highest BCUT2D eigenvalue weighted by molar-refractivity contribution is 6.00. The van der Waals surface area contributed by atoms with Gasteiger partial charge in [0.05, 0.1) is 6.20 Å². The Labute approximate surface area is 138 Å². The van der Waals surface area contributed by atoms with Gasteiger partial charge in [-0.1, -0.05) is 30.3 Å². The predicted molar refractivity (Wildman–Crippen MR) is 89.3 cm³/mol.